The van der Waals surface area contributed by atoms with Crippen LogP contribution in [0.3, 0.4) is 0 Å². The predicted molar refractivity (Wildman–Crippen MR) is 164 cm³/mol. The number of hydrogen-bond donors (Lipinski definition) is 0. The molecule has 1 aliphatic carbocycles. The summed E-state index contributed by atoms with van der Waals surface area (Å²) in [7, 11) is 5.10. The monoisotopic (exact) mass is 618 g/mol. The predicted octanol–water partition coefficient (Wildman–Crippen LogP) is 4.04. The Hall–Kier alpha value is -2.86. The lowest BCUT2D eigenvalue weighted by Crippen LogP contribution is -2.41. The molecule has 2 amide bonds. The molecule has 0 unspecified atom stereocenters. The van der Waals surface area contributed by atoms with Crippen molar-refractivity contribution in [3.8, 4) is 0 Å². The minimum absolute atomic E-state index is 0.0443. The number of rotatable bonds is 16. The van der Waals surface area contributed by atoms with Crippen LogP contribution in [0.5, 0.6) is 0 Å². The summed E-state index contributed by atoms with van der Waals surface area (Å²) in [6.07, 6.45) is 4.72. The molecule has 2 aliphatic rings. The topological polar surface area (TPSA) is 118 Å². The van der Waals surface area contributed by atoms with Crippen molar-refractivity contribution >= 4 is 45.8 Å². The van der Waals surface area contributed by atoms with Gasteiger partial charge in [-0.15, -0.1) is 0 Å². The Morgan fingerprint density at radius 2 is 1.74 bits per heavy atom. The number of esters is 2. The molecular weight excluding hydrogens is 576 g/mol. The fraction of sp³-hybridized carbons (Fsp3) is 0.600. The van der Waals surface area contributed by atoms with Crippen molar-refractivity contribution in [1.82, 2.24) is 9.80 Å². The van der Waals surface area contributed by atoms with Gasteiger partial charge in [0.15, 0.2) is 0 Å². The van der Waals surface area contributed by atoms with Gasteiger partial charge in [0.05, 0.1) is 17.3 Å². The summed E-state index contributed by atoms with van der Waals surface area (Å²) in [5.74, 6) is 0.213. The molecule has 230 valence electrons. The molecule has 1 saturated carbocycles. The summed E-state index contributed by atoms with van der Waals surface area (Å²) < 4.78 is 11.0. The minimum Gasteiger partial charge on any atom is -0.465 e. The van der Waals surface area contributed by atoms with Crippen molar-refractivity contribution in [1.29, 1.82) is 0 Å². The van der Waals surface area contributed by atoms with Crippen molar-refractivity contribution in [2.75, 3.05) is 32.6 Å². The number of carbonyl (C=O) groups excluding carboxylic acids is 4. The van der Waals surface area contributed by atoms with E-state index in [1.807, 2.05) is 27.0 Å². The Labute approximate surface area is 255 Å². The zero-order chi connectivity index (χ0) is 30.5. The summed E-state index contributed by atoms with van der Waals surface area (Å²) in [6, 6.07) is 5.51. The number of benzene rings is 1. The van der Waals surface area contributed by atoms with Gasteiger partial charge >= 0.3 is 11.9 Å². The number of hydrogen-bond acceptors (Lipinski definition) is 10. The van der Waals surface area contributed by atoms with Gasteiger partial charge in [-0.25, -0.2) is 0 Å². The van der Waals surface area contributed by atoms with Gasteiger partial charge < -0.3 is 19.3 Å². The third-order valence-corrected chi connectivity index (χ3v) is 10.2. The van der Waals surface area contributed by atoms with Crippen molar-refractivity contribution in [2.45, 2.75) is 84.3 Å². The molecule has 42 heavy (non-hydrogen) atoms. The Morgan fingerprint density at radius 3 is 2.43 bits per heavy atom. The van der Waals surface area contributed by atoms with E-state index >= 15 is 0 Å². The highest BCUT2D eigenvalue weighted by Crippen LogP contribution is 2.35. The lowest BCUT2D eigenvalue weighted by Gasteiger charge is -2.34. The average molecular weight is 619 g/mol. The van der Waals surface area contributed by atoms with Crippen LogP contribution in [0, 0.1) is 0 Å². The van der Waals surface area contributed by atoms with Gasteiger partial charge in [0.25, 0.3) is 5.91 Å². The number of carbonyl (C=O) groups is 4. The molecule has 1 aromatic rings. The van der Waals surface area contributed by atoms with Gasteiger partial charge in [-0.3, -0.25) is 29.2 Å². The second-order valence-corrected chi connectivity index (χ2v) is 12.9. The van der Waals surface area contributed by atoms with E-state index in [9.17, 15) is 19.2 Å². The SMILES string of the molecule is CCSS/C(CCOC(=O)CCCC(=O)OC1CCC(N(C)C(=O)c2ccc3c(c2)=NCN=3)CC1)=C(/C)N(C=O)CC. The maximum Gasteiger partial charge on any atom is 0.306 e. The van der Waals surface area contributed by atoms with Crippen molar-refractivity contribution < 1.29 is 28.7 Å². The number of ether oxygens (including phenoxy) is 2. The van der Waals surface area contributed by atoms with E-state index in [0.717, 1.165) is 46.3 Å². The molecule has 1 fully saturated rings. The van der Waals surface area contributed by atoms with Gasteiger partial charge in [-0.05, 0) is 64.2 Å². The van der Waals surface area contributed by atoms with Crippen LogP contribution in [0.4, 0.5) is 0 Å². The second kappa shape index (κ2) is 17.3. The summed E-state index contributed by atoms with van der Waals surface area (Å²) in [5.41, 5.74) is 1.48. The van der Waals surface area contributed by atoms with Gasteiger partial charge in [-0.1, -0.05) is 28.5 Å². The average Bonchev–Trinajstić information content (AvgIpc) is 3.47. The molecule has 1 aromatic carbocycles. The highest BCUT2D eigenvalue weighted by molar-refractivity contribution is 8.78. The highest BCUT2D eigenvalue weighted by Gasteiger charge is 2.29. The number of allylic oxidation sites excluding steroid dienone is 1. The molecule has 0 spiro atoms. The van der Waals surface area contributed by atoms with E-state index in [1.54, 1.807) is 43.5 Å². The normalized spacial score (nSPS) is 18.1. The van der Waals surface area contributed by atoms with Crippen LogP contribution in [-0.4, -0.2) is 78.8 Å². The van der Waals surface area contributed by atoms with E-state index in [2.05, 4.69) is 16.9 Å². The fourth-order valence-corrected chi connectivity index (χ4v) is 7.00. The fourth-order valence-electron chi connectivity index (χ4n) is 4.94. The maximum atomic E-state index is 13.0. The molecule has 0 N–H and O–H groups in total. The maximum absolute atomic E-state index is 13.0. The first kappa shape index (κ1) is 33.6. The third-order valence-electron chi connectivity index (χ3n) is 7.45. The quantitative estimate of drug-likeness (QED) is 0.155. The van der Waals surface area contributed by atoms with E-state index in [4.69, 9.17) is 9.47 Å². The van der Waals surface area contributed by atoms with Crippen LogP contribution in [0.15, 0.2) is 38.8 Å². The second-order valence-electron chi connectivity index (χ2n) is 10.2. The summed E-state index contributed by atoms with van der Waals surface area (Å²) in [6.45, 7) is 7.09. The molecule has 10 nitrogen and oxygen atoms in total. The summed E-state index contributed by atoms with van der Waals surface area (Å²) in [5, 5.41) is 1.58. The minimum atomic E-state index is -0.352. The van der Waals surface area contributed by atoms with Gasteiger partial charge in [0.1, 0.15) is 12.8 Å². The van der Waals surface area contributed by atoms with E-state index in [-0.39, 0.29) is 49.4 Å². The van der Waals surface area contributed by atoms with Crippen LogP contribution >= 0.6 is 21.6 Å². The standard InChI is InChI=1S/C30H42N4O6S2/c1-5-34(20-35)21(3)27(42-41-6-2)16-17-39-28(36)8-7-9-29(37)40-24-13-11-23(12-14-24)33(4)30(38)22-10-15-25-26(18-22)32-19-31-25/h10,15,18,20,23-24H,5-9,11-14,16-17,19H2,1-4H3/b27-21-. The Morgan fingerprint density at radius 1 is 1.02 bits per heavy atom. The highest BCUT2D eigenvalue weighted by atomic mass is 33.1. The van der Waals surface area contributed by atoms with Crippen LogP contribution in [0.25, 0.3) is 0 Å². The van der Waals surface area contributed by atoms with Crippen LogP contribution in [-0.2, 0) is 23.9 Å². The Kier molecular flexibility index (Phi) is 13.9. The largest absolute Gasteiger partial charge is 0.465 e. The lowest BCUT2D eigenvalue weighted by molar-refractivity contribution is -0.151. The molecule has 0 saturated heterocycles. The Bertz CT molecular complexity index is 1260. The van der Waals surface area contributed by atoms with E-state index in [1.165, 1.54) is 0 Å². The molecule has 12 heteroatoms. The molecule has 3 rings (SSSR count). The van der Waals surface area contributed by atoms with Gasteiger partial charge in [-0.2, -0.15) is 0 Å². The van der Waals surface area contributed by atoms with E-state index in [0.29, 0.717) is 44.5 Å². The van der Waals surface area contributed by atoms with Crippen LogP contribution in [0.2, 0.25) is 0 Å². The van der Waals surface area contributed by atoms with Crippen LogP contribution in [0.1, 0.15) is 82.5 Å². The molecule has 1 heterocycles. The Balaban J connectivity index is 1.33. The molecule has 1 aliphatic heterocycles. The zero-order valence-corrected chi connectivity index (χ0v) is 26.6. The molecule has 0 bridgehead atoms. The van der Waals surface area contributed by atoms with Crippen molar-refractivity contribution in [3.63, 3.8) is 0 Å². The lowest BCUT2D eigenvalue weighted by atomic mass is 9.91. The van der Waals surface area contributed by atoms with Crippen molar-refractivity contribution in [2.24, 2.45) is 9.98 Å². The summed E-state index contributed by atoms with van der Waals surface area (Å²) >= 11 is 0. The first-order chi connectivity index (χ1) is 20.3. The van der Waals surface area contributed by atoms with Gasteiger partial charge in [0, 0.05) is 60.8 Å². The smallest absolute Gasteiger partial charge is 0.306 e. The van der Waals surface area contributed by atoms with Gasteiger partial charge in [0.2, 0.25) is 6.41 Å². The van der Waals surface area contributed by atoms with Crippen LogP contribution < -0.4 is 10.7 Å². The number of nitrogens with zero attached hydrogens (tertiary/aromatic N) is 4. The third kappa shape index (κ3) is 9.86. The molecule has 0 atom stereocenters. The zero-order valence-electron chi connectivity index (χ0n) is 25.0. The first-order valence-electron chi connectivity index (χ1n) is 14.6. The number of amides is 2. The molecule has 0 aromatic heterocycles. The summed E-state index contributed by atoms with van der Waals surface area (Å²) in [4.78, 5) is 61.9. The number of fused-ring (bicyclic) bond motifs is 1. The van der Waals surface area contributed by atoms with E-state index < -0.39 is 0 Å². The first-order valence-corrected chi connectivity index (χ1v) is 16.9. The van der Waals surface area contributed by atoms with Crippen molar-refractivity contribution in [3.05, 3.63) is 45.1 Å². The molecule has 0 radical (unpaired) electrons. The molecular formula is C30H42N4O6S2.